The van der Waals surface area contributed by atoms with Crippen molar-refractivity contribution in [1.29, 1.82) is 0 Å². The van der Waals surface area contributed by atoms with Crippen molar-refractivity contribution in [3.8, 4) is 0 Å². The number of ether oxygens (including phenoxy) is 2. The van der Waals surface area contributed by atoms with Crippen LogP contribution in [0.2, 0.25) is 0 Å². The molecule has 4 aliphatic rings. The highest BCUT2D eigenvalue weighted by molar-refractivity contribution is 4.94. The lowest BCUT2D eigenvalue weighted by Crippen LogP contribution is -2.59. The minimum absolute atomic E-state index is 0.149. The second-order valence-corrected chi connectivity index (χ2v) is 9.91. The van der Waals surface area contributed by atoms with Gasteiger partial charge >= 0.3 is 0 Å². The van der Waals surface area contributed by atoms with Gasteiger partial charge in [-0.2, -0.15) is 0 Å². The van der Waals surface area contributed by atoms with Crippen LogP contribution in [0.3, 0.4) is 0 Å². The highest BCUT2D eigenvalue weighted by atomic mass is 16.5. The Balaban J connectivity index is 0.000000156. The Morgan fingerprint density at radius 3 is 1.52 bits per heavy atom. The molecule has 4 fully saturated rings. The first-order valence-electron chi connectivity index (χ1n) is 11.4. The summed E-state index contributed by atoms with van der Waals surface area (Å²) >= 11 is 0. The zero-order valence-corrected chi connectivity index (χ0v) is 18.1. The lowest BCUT2D eigenvalue weighted by atomic mass is 9.89. The zero-order chi connectivity index (χ0) is 19.3. The van der Waals surface area contributed by atoms with Crippen molar-refractivity contribution >= 4 is 0 Å². The van der Waals surface area contributed by atoms with E-state index in [1.54, 1.807) is 0 Å². The molecule has 0 aromatic rings. The van der Waals surface area contributed by atoms with E-state index in [9.17, 15) is 0 Å². The highest BCUT2D eigenvalue weighted by Gasteiger charge is 2.39. The van der Waals surface area contributed by atoms with Gasteiger partial charge in [-0.25, -0.2) is 0 Å². The van der Waals surface area contributed by atoms with Crippen LogP contribution in [-0.4, -0.2) is 62.7 Å². The minimum Gasteiger partial charge on any atom is -0.372 e. The highest BCUT2D eigenvalue weighted by Crippen LogP contribution is 2.35. The summed E-state index contributed by atoms with van der Waals surface area (Å²) in [5, 5.41) is 10.6. The van der Waals surface area contributed by atoms with Crippen LogP contribution in [0.1, 0.15) is 66.2 Å². The van der Waals surface area contributed by atoms with Crippen molar-refractivity contribution in [1.82, 2.24) is 16.0 Å². The molecule has 0 aromatic carbocycles. The predicted octanol–water partition coefficient (Wildman–Crippen LogP) is 2.70. The topological polar surface area (TPSA) is 54.5 Å². The Kier molecular flexibility index (Phi) is 7.59. The molecule has 2 atom stereocenters. The Bertz CT molecular complexity index is 423. The summed E-state index contributed by atoms with van der Waals surface area (Å²) in [6.45, 7) is 15.1. The van der Waals surface area contributed by atoms with Gasteiger partial charge in [0.15, 0.2) is 0 Å². The molecule has 1 saturated carbocycles. The number of hydrogen-bond donors (Lipinski definition) is 3. The average Bonchev–Trinajstić information content (AvgIpc) is 3.12. The van der Waals surface area contributed by atoms with Crippen molar-refractivity contribution in [3.05, 3.63) is 0 Å². The summed E-state index contributed by atoms with van der Waals surface area (Å²) in [6, 6.07) is 1.13. The number of rotatable bonds is 2. The smallest absolute Gasteiger partial charge is 0.0831 e. The summed E-state index contributed by atoms with van der Waals surface area (Å²) in [6.07, 6.45) is 7.56. The van der Waals surface area contributed by atoms with E-state index in [1.165, 1.54) is 25.7 Å². The monoisotopic (exact) mass is 381 g/mol. The molecule has 4 rings (SSSR count). The maximum absolute atomic E-state index is 6.08. The molecule has 0 radical (unpaired) electrons. The standard InChI is InChI=1S/C11H22N2O.C11H21NO/c1-9(2)10-7-14-11(8-13-10)3-5-12-6-4-11;1-9(2)10-7-13-11(8-12-10)5-3-4-6-11/h9-10,12-13H,3-8H2,1-2H3;9-10,12H,3-8H2,1-2H3. The Labute approximate surface area is 166 Å². The summed E-state index contributed by atoms with van der Waals surface area (Å²) in [5.41, 5.74) is 0.377. The summed E-state index contributed by atoms with van der Waals surface area (Å²) < 4.78 is 12.1. The molecule has 0 aromatic heterocycles. The third kappa shape index (κ3) is 5.66. The number of hydrogen-bond acceptors (Lipinski definition) is 5. The molecule has 27 heavy (non-hydrogen) atoms. The van der Waals surface area contributed by atoms with Crippen molar-refractivity contribution in [2.45, 2.75) is 89.5 Å². The molecule has 5 heteroatoms. The minimum atomic E-state index is 0.149. The van der Waals surface area contributed by atoms with Crippen LogP contribution in [-0.2, 0) is 9.47 Å². The van der Waals surface area contributed by atoms with Crippen LogP contribution in [0.4, 0.5) is 0 Å². The first kappa shape index (κ1) is 21.5. The normalized spacial score (nSPS) is 32.7. The SMILES string of the molecule is CC(C)C1COC2(CCCC2)CN1.CC(C)C1COC2(CCNCC2)CN1. The van der Waals surface area contributed by atoms with E-state index in [2.05, 4.69) is 43.6 Å². The first-order valence-corrected chi connectivity index (χ1v) is 11.4. The molecule has 2 unspecified atom stereocenters. The van der Waals surface area contributed by atoms with Gasteiger partial charge < -0.3 is 25.4 Å². The molecule has 3 N–H and O–H groups in total. The summed E-state index contributed by atoms with van der Waals surface area (Å²) in [4.78, 5) is 0. The molecule has 3 heterocycles. The van der Waals surface area contributed by atoms with Crippen LogP contribution in [0.15, 0.2) is 0 Å². The fraction of sp³-hybridized carbons (Fsp3) is 1.00. The van der Waals surface area contributed by atoms with Gasteiger partial charge in [-0.3, -0.25) is 0 Å². The maximum Gasteiger partial charge on any atom is 0.0831 e. The molecule has 0 bridgehead atoms. The van der Waals surface area contributed by atoms with E-state index in [-0.39, 0.29) is 11.2 Å². The lowest BCUT2D eigenvalue weighted by Gasteiger charge is -2.44. The van der Waals surface area contributed by atoms with Gasteiger partial charge in [-0.1, -0.05) is 40.5 Å². The molecule has 3 aliphatic heterocycles. The van der Waals surface area contributed by atoms with Crippen molar-refractivity contribution < 1.29 is 9.47 Å². The first-order chi connectivity index (χ1) is 12.9. The molecule has 3 saturated heterocycles. The Hall–Kier alpha value is -0.200. The molecule has 0 amide bonds. The largest absolute Gasteiger partial charge is 0.372 e. The van der Waals surface area contributed by atoms with E-state index in [1.807, 2.05) is 0 Å². The molecular weight excluding hydrogens is 338 g/mol. The van der Waals surface area contributed by atoms with Crippen LogP contribution in [0.25, 0.3) is 0 Å². The van der Waals surface area contributed by atoms with E-state index in [0.29, 0.717) is 23.9 Å². The third-order valence-corrected chi connectivity index (χ3v) is 7.15. The van der Waals surface area contributed by atoms with Gasteiger partial charge in [-0.05, 0) is 50.6 Å². The van der Waals surface area contributed by atoms with E-state index < -0.39 is 0 Å². The van der Waals surface area contributed by atoms with Crippen LogP contribution in [0.5, 0.6) is 0 Å². The number of piperidine rings is 1. The molecule has 2 spiro atoms. The maximum atomic E-state index is 6.08. The van der Waals surface area contributed by atoms with E-state index >= 15 is 0 Å². The lowest BCUT2D eigenvalue weighted by molar-refractivity contribution is -0.104. The fourth-order valence-electron chi connectivity index (χ4n) is 4.79. The quantitative estimate of drug-likeness (QED) is 0.687. The van der Waals surface area contributed by atoms with Crippen molar-refractivity contribution in [2.75, 3.05) is 39.4 Å². The van der Waals surface area contributed by atoms with Crippen LogP contribution in [0, 0.1) is 11.8 Å². The number of morpholine rings is 2. The van der Waals surface area contributed by atoms with E-state index in [4.69, 9.17) is 9.47 Å². The molecule has 5 nitrogen and oxygen atoms in total. The zero-order valence-electron chi connectivity index (χ0n) is 18.1. The van der Waals surface area contributed by atoms with Gasteiger partial charge in [0.05, 0.1) is 24.4 Å². The van der Waals surface area contributed by atoms with Gasteiger partial charge in [0.2, 0.25) is 0 Å². The second kappa shape index (κ2) is 9.53. The Morgan fingerprint density at radius 2 is 1.15 bits per heavy atom. The second-order valence-electron chi connectivity index (χ2n) is 9.91. The van der Waals surface area contributed by atoms with Gasteiger partial charge in [0.25, 0.3) is 0 Å². The third-order valence-electron chi connectivity index (χ3n) is 7.15. The summed E-state index contributed by atoms with van der Waals surface area (Å²) in [7, 11) is 0. The molecular formula is C22H43N3O2. The van der Waals surface area contributed by atoms with E-state index in [0.717, 1.165) is 52.2 Å². The Morgan fingerprint density at radius 1 is 0.704 bits per heavy atom. The van der Waals surface area contributed by atoms with Crippen molar-refractivity contribution in [3.63, 3.8) is 0 Å². The van der Waals surface area contributed by atoms with Crippen LogP contribution >= 0.6 is 0 Å². The molecule has 1 aliphatic carbocycles. The average molecular weight is 382 g/mol. The number of nitrogens with one attached hydrogen (secondary N) is 3. The van der Waals surface area contributed by atoms with Gasteiger partial charge in [0.1, 0.15) is 0 Å². The van der Waals surface area contributed by atoms with Crippen molar-refractivity contribution in [2.24, 2.45) is 11.8 Å². The fourth-order valence-corrected chi connectivity index (χ4v) is 4.79. The summed E-state index contributed by atoms with van der Waals surface area (Å²) in [5.74, 6) is 1.37. The van der Waals surface area contributed by atoms with Crippen LogP contribution < -0.4 is 16.0 Å². The molecule has 158 valence electrons. The van der Waals surface area contributed by atoms with Gasteiger partial charge in [-0.15, -0.1) is 0 Å². The van der Waals surface area contributed by atoms with Gasteiger partial charge in [0, 0.05) is 25.2 Å². The predicted molar refractivity (Wildman–Crippen MR) is 111 cm³/mol.